The monoisotopic (exact) mass is 260 g/mol. The summed E-state index contributed by atoms with van der Waals surface area (Å²) in [6.45, 7) is -2.76. The van der Waals surface area contributed by atoms with Crippen LogP contribution in [0.5, 0.6) is 5.75 Å². The highest BCUT2D eigenvalue weighted by Gasteiger charge is 2.20. The van der Waals surface area contributed by atoms with Gasteiger partial charge in [-0.2, -0.15) is 8.78 Å². The number of halogens is 3. The average Bonchev–Trinajstić information content (AvgIpc) is 2.30. The second-order valence-corrected chi connectivity index (χ2v) is 5.01. The zero-order chi connectivity index (χ0) is 12.3. The van der Waals surface area contributed by atoms with Crippen LogP contribution in [0, 0.1) is 0 Å². The first-order valence-electron chi connectivity index (χ1n) is 5.84. The summed E-state index contributed by atoms with van der Waals surface area (Å²) in [5.74, 6) is 0.723. The van der Waals surface area contributed by atoms with Crippen LogP contribution in [0.4, 0.5) is 8.78 Å². The fraction of sp³-hybridized carbons (Fsp3) is 0.538. The molecule has 0 saturated heterocycles. The summed E-state index contributed by atoms with van der Waals surface area (Å²) < 4.78 is 28.3. The van der Waals surface area contributed by atoms with Gasteiger partial charge in [0.2, 0.25) is 0 Å². The Morgan fingerprint density at radius 2 is 1.65 bits per heavy atom. The topological polar surface area (TPSA) is 9.23 Å². The van der Waals surface area contributed by atoms with E-state index in [4.69, 9.17) is 11.6 Å². The minimum Gasteiger partial charge on any atom is -0.435 e. The molecule has 1 saturated carbocycles. The van der Waals surface area contributed by atoms with Gasteiger partial charge in [-0.25, -0.2) is 0 Å². The molecule has 0 heterocycles. The van der Waals surface area contributed by atoms with Crippen molar-refractivity contribution in [2.45, 2.75) is 43.6 Å². The maximum Gasteiger partial charge on any atom is 0.387 e. The largest absolute Gasteiger partial charge is 0.435 e. The van der Waals surface area contributed by atoms with E-state index >= 15 is 0 Å². The summed E-state index contributed by atoms with van der Waals surface area (Å²) in [5, 5.41) is 0.299. The number of rotatable bonds is 3. The Hall–Kier alpha value is -0.830. The number of alkyl halides is 3. The molecule has 0 atom stereocenters. The molecule has 1 aromatic carbocycles. The first kappa shape index (κ1) is 12.6. The standard InChI is InChI=1S/C13H15ClF2O/c14-11-5-1-9(2-6-11)10-3-7-12(8-4-10)17-13(15)16/h3-4,7-9,11,13H,1-2,5-6H2. The number of ether oxygens (including phenoxy) is 1. The van der Waals surface area contributed by atoms with E-state index in [1.165, 1.54) is 5.56 Å². The van der Waals surface area contributed by atoms with Crippen molar-refractivity contribution >= 4 is 11.6 Å². The van der Waals surface area contributed by atoms with Crippen LogP contribution in [0.2, 0.25) is 0 Å². The van der Waals surface area contributed by atoms with Crippen molar-refractivity contribution in [1.82, 2.24) is 0 Å². The molecule has 1 aliphatic carbocycles. The highest BCUT2D eigenvalue weighted by molar-refractivity contribution is 6.20. The molecule has 17 heavy (non-hydrogen) atoms. The van der Waals surface area contributed by atoms with Crippen molar-refractivity contribution in [2.24, 2.45) is 0 Å². The molecule has 0 N–H and O–H groups in total. The zero-order valence-electron chi connectivity index (χ0n) is 9.41. The van der Waals surface area contributed by atoms with Gasteiger partial charge in [-0.05, 0) is 49.3 Å². The summed E-state index contributed by atoms with van der Waals surface area (Å²) in [6, 6.07) is 6.95. The molecule has 1 aromatic rings. The molecule has 0 amide bonds. The van der Waals surface area contributed by atoms with Crippen LogP contribution < -0.4 is 4.74 Å². The van der Waals surface area contributed by atoms with Gasteiger partial charge in [-0.3, -0.25) is 0 Å². The van der Waals surface area contributed by atoms with Crippen LogP contribution in [-0.4, -0.2) is 12.0 Å². The SMILES string of the molecule is FC(F)Oc1ccc(C2CCC(Cl)CC2)cc1. The van der Waals surface area contributed by atoms with Gasteiger partial charge < -0.3 is 4.74 Å². The van der Waals surface area contributed by atoms with E-state index in [1.54, 1.807) is 12.1 Å². The molecule has 1 aliphatic rings. The van der Waals surface area contributed by atoms with Gasteiger partial charge in [0.1, 0.15) is 5.75 Å². The van der Waals surface area contributed by atoms with Crippen molar-refractivity contribution < 1.29 is 13.5 Å². The first-order chi connectivity index (χ1) is 8.15. The van der Waals surface area contributed by atoms with Gasteiger partial charge in [0.15, 0.2) is 0 Å². The molecular weight excluding hydrogens is 246 g/mol. The van der Waals surface area contributed by atoms with E-state index in [0.717, 1.165) is 25.7 Å². The van der Waals surface area contributed by atoms with Crippen molar-refractivity contribution in [3.05, 3.63) is 29.8 Å². The van der Waals surface area contributed by atoms with E-state index < -0.39 is 6.61 Å². The Kier molecular flexibility index (Phi) is 4.21. The molecular formula is C13H15ClF2O. The van der Waals surface area contributed by atoms with Gasteiger partial charge in [0, 0.05) is 5.38 Å². The molecule has 2 rings (SSSR count). The van der Waals surface area contributed by atoms with E-state index in [1.807, 2.05) is 12.1 Å². The fourth-order valence-corrected chi connectivity index (χ4v) is 2.56. The first-order valence-corrected chi connectivity index (χ1v) is 6.27. The van der Waals surface area contributed by atoms with Crippen LogP contribution >= 0.6 is 11.6 Å². The van der Waals surface area contributed by atoms with Crippen molar-refractivity contribution in [2.75, 3.05) is 0 Å². The van der Waals surface area contributed by atoms with Crippen LogP contribution in [0.15, 0.2) is 24.3 Å². The van der Waals surface area contributed by atoms with E-state index in [9.17, 15) is 8.78 Å². The highest BCUT2D eigenvalue weighted by atomic mass is 35.5. The molecule has 94 valence electrons. The third-order valence-corrected chi connectivity index (χ3v) is 3.67. The highest BCUT2D eigenvalue weighted by Crippen LogP contribution is 2.35. The van der Waals surface area contributed by atoms with E-state index in [2.05, 4.69) is 4.74 Å². The third-order valence-electron chi connectivity index (χ3n) is 3.23. The van der Waals surface area contributed by atoms with Crippen LogP contribution in [0.1, 0.15) is 37.2 Å². The minimum absolute atomic E-state index is 0.217. The summed E-state index contributed by atoms with van der Waals surface area (Å²) in [5.41, 5.74) is 1.19. The maximum atomic E-state index is 12.0. The summed E-state index contributed by atoms with van der Waals surface area (Å²) in [7, 11) is 0. The van der Waals surface area contributed by atoms with E-state index in [0.29, 0.717) is 11.3 Å². The van der Waals surface area contributed by atoms with Crippen LogP contribution in [0.25, 0.3) is 0 Å². The predicted molar refractivity (Wildman–Crippen MR) is 63.9 cm³/mol. The third kappa shape index (κ3) is 3.56. The van der Waals surface area contributed by atoms with Crippen LogP contribution in [-0.2, 0) is 0 Å². The summed E-state index contributed by atoms with van der Waals surface area (Å²) >= 11 is 6.05. The molecule has 1 nitrogen and oxygen atoms in total. The lowest BCUT2D eigenvalue weighted by Gasteiger charge is -2.25. The molecule has 0 bridgehead atoms. The molecule has 0 aliphatic heterocycles. The molecule has 0 spiro atoms. The van der Waals surface area contributed by atoms with Gasteiger partial charge in [0.25, 0.3) is 0 Å². The van der Waals surface area contributed by atoms with E-state index in [-0.39, 0.29) is 5.75 Å². The van der Waals surface area contributed by atoms with Crippen molar-refractivity contribution in [1.29, 1.82) is 0 Å². The van der Waals surface area contributed by atoms with Gasteiger partial charge >= 0.3 is 6.61 Å². The molecule has 1 fully saturated rings. The zero-order valence-corrected chi connectivity index (χ0v) is 10.2. The number of hydrogen-bond donors (Lipinski definition) is 0. The van der Waals surface area contributed by atoms with Gasteiger partial charge in [-0.1, -0.05) is 12.1 Å². The fourth-order valence-electron chi connectivity index (χ4n) is 2.31. The summed E-state index contributed by atoms with van der Waals surface area (Å²) in [6.07, 6.45) is 4.20. The Morgan fingerprint density at radius 1 is 1.06 bits per heavy atom. The Balaban J connectivity index is 1.97. The summed E-state index contributed by atoms with van der Waals surface area (Å²) in [4.78, 5) is 0. The number of benzene rings is 1. The Bertz CT molecular complexity index is 345. The second kappa shape index (κ2) is 5.67. The maximum absolute atomic E-state index is 12.0. The quantitative estimate of drug-likeness (QED) is 0.725. The average molecular weight is 261 g/mol. The number of hydrogen-bond acceptors (Lipinski definition) is 1. The smallest absolute Gasteiger partial charge is 0.387 e. The molecule has 0 unspecified atom stereocenters. The van der Waals surface area contributed by atoms with Crippen molar-refractivity contribution in [3.63, 3.8) is 0 Å². The van der Waals surface area contributed by atoms with Crippen molar-refractivity contribution in [3.8, 4) is 5.75 Å². The second-order valence-electron chi connectivity index (χ2n) is 4.40. The predicted octanol–water partition coefficient (Wildman–Crippen LogP) is 4.55. The lowest BCUT2D eigenvalue weighted by molar-refractivity contribution is -0.0498. The van der Waals surface area contributed by atoms with Gasteiger partial charge in [-0.15, -0.1) is 11.6 Å². The normalized spacial score (nSPS) is 24.9. The molecule has 0 radical (unpaired) electrons. The molecule has 4 heteroatoms. The lowest BCUT2D eigenvalue weighted by Crippen LogP contribution is -2.12. The van der Waals surface area contributed by atoms with Gasteiger partial charge in [0.05, 0.1) is 0 Å². The Morgan fingerprint density at radius 3 is 2.18 bits per heavy atom. The van der Waals surface area contributed by atoms with Crippen LogP contribution in [0.3, 0.4) is 0 Å². The Labute approximate surface area is 105 Å². The minimum atomic E-state index is -2.76. The molecule has 0 aromatic heterocycles. The lowest BCUT2D eigenvalue weighted by atomic mass is 9.84.